The first kappa shape index (κ1) is 20.1. The van der Waals surface area contributed by atoms with Gasteiger partial charge in [0.25, 0.3) is 5.91 Å². The normalized spacial score (nSPS) is 21.8. The molecule has 3 heterocycles. The van der Waals surface area contributed by atoms with Crippen LogP contribution in [0.5, 0.6) is 0 Å². The molecule has 6 nitrogen and oxygen atoms in total. The van der Waals surface area contributed by atoms with Crippen molar-refractivity contribution in [1.82, 2.24) is 14.7 Å². The lowest BCUT2D eigenvalue weighted by molar-refractivity contribution is -0.163. The van der Waals surface area contributed by atoms with Crippen molar-refractivity contribution in [3.05, 3.63) is 71.8 Å². The molecule has 6 rings (SSSR count). The number of carbonyl (C=O) groups excluding carboxylic acids is 2. The minimum Gasteiger partial charge on any atom is -0.324 e. The van der Waals surface area contributed by atoms with Gasteiger partial charge in [-0.1, -0.05) is 36.8 Å². The smallest absolute Gasteiger partial charge is 0.258 e. The molecular weight excluding hydrogens is 419 g/mol. The molecule has 3 aliphatic rings. The number of para-hydroxylation sites is 1. The summed E-state index contributed by atoms with van der Waals surface area (Å²) in [6.45, 7) is 0.722. The summed E-state index contributed by atoms with van der Waals surface area (Å²) in [5.41, 5.74) is 2.72. The van der Waals surface area contributed by atoms with E-state index in [1.54, 1.807) is 26.7 Å². The summed E-state index contributed by atoms with van der Waals surface area (Å²) in [6, 6.07) is 12.7. The zero-order valence-electron chi connectivity index (χ0n) is 18.5. The van der Waals surface area contributed by atoms with E-state index in [1.165, 1.54) is 6.07 Å². The molecule has 2 amide bonds. The number of carbonyl (C=O) groups is 2. The molecule has 1 saturated carbocycles. The molecule has 168 valence electrons. The molecule has 2 fully saturated rings. The summed E-state index contributed by atoms with van der Waals surface area (Å²) >= 11 is 0. The van der Waals surface area contributed by atoms with Gasteiger partial charge in [0.15, 0.2) is 5.54 Å². The van der Waals surface area contributed by atoms with E-state index >= 15 is 4.39 Å². The van der Waals surface area contributed by atoms with Gasteiger partial charge in [0.1, 0.15) is 5.82 Å². The van der Waals surface area contributed by atoms with Crippen LogP contribution in [0.3, 0.4) is 0 Å². The fraction of sp³-hybridized carbons (Fsp3) is 0.346. The van der Waals surface area contributed by atoms with Crippen LogP contribution in [0.2, 0.25) is 0 Å². The lowest BCUT2D eigenvalue weighted by atomic mass is 9.75. The van der Waals surface area contributed by atoms with Crippen LogP contribution in [0.25, 0.3) is 11.1 Å². The Morgan fingerprint density at radius 2 is 2.00 bits per heavy atom. The highest BCUT2D eigenvalue weighted by atomic mass is 19.1. The van der Waals surface area contributed by atoms with E-state index in [9.17, 15) is 9.59 Å². The number of halogens is 1. The monoisotopic (exact) mass is 444 g/mol. The number of nitrogens with zero attached hydrogens (tertiary/aromatic N) is 4. The Bertz CT molecular complexity index is 1280. The number of aromatic nitrogens is 2. The van der Waals surface area contributed by atoms with Crippen molar-refractivity contribution in [3.8, 4) is 11.1 Å². The first-order valence-electron chi connectivity index (χ1n) is 11.5. The van der Waals surface area contributed by atoms with Crippen LogP contribution in [-0.4, -0.2) is 33.0 Å². The van der Waals surface area contributed by atoms with E-state index in [2.05, 4.69) is 5.10 Å². The van der Waals surface area contributed by atoms with Crippen molar-refractivity contribution in [2.24, 2.45) is 13.0 Å². The summed E-state index contributed by atoms with van der Waals surface area (Å²) in [5, 5.41) is 4.15. The Morgan fingerprint density at radius 3 is 2.64 bits per heavy atom. The van der Waals surface area contributed by atoms with Crippen LogP contribution >= 0.6 is 0 Å². The van der Waals surface area contributed by atoms with Gasteiger partial charge in [-0.25, -0.2) is 4.39 Å². The third-order valence-electron chi connectivity index (χ3n) is 7.54. The number of benzene rings is 2. The molecule has 1 aromatic heterocycles. The molecular formula is C26H25FN4O2. The number of rotatable bonds is 4. The number of amides is 2. The van der Waals surface area contributed by atoms with Crippen LogP contribution in [0.4, 0.5) is 10.1 Å². The van der Waals surface area contributed by atoms with E-state index in [0.29, 0.717) is 18.5 Å². The van der Waals surface area contributed by atoms with Gasteiger partial charge in [-0.15, -0.1) is 0 Å². The molecule has 1 saturated heterocycles. The lowest BCUT2D eigenvalue weighted by Gasteiger charge is -2.51. The molecule has 1 aliphatic carbocycles. The van der Waals surface area contributed by atoms with Gasteiger partial charge in [0.05, 0.1) is 18.4 Å². The van der Waals surface area contributed by atoms with E-state index in [4.69, 9.17) is 0 Å². The van der Waals surface area contributed by atoms with Gasteiger partial charge < -0.3 is 9.80 Å². The molecule has 7 heteroatoms. The maximum absolute atomic E-state index is 15.1. The topological polar surface area (TPSA) is 58.4 Å². The maximum Gasteiger partial charge on any atom is 0.258 e. The fourth-order valence-electron chi connectivity index (χ4n) is 5.38. The summed E-state index contributed by atoms with van der Waals surface area (Å²) in [6.07, 6.45) is 7.02. The van der Waals surface area contributed by atoms with Gasteiger partial charge in [-0.3, -0.25) is 14.3 Å². The predicted octanol–water partition coefficient (Wildman–Crippen LogP) is 4.00. The molecule has 0 bridgehead atoms. The van der Waals surface area contributed by atoms with Crippen molar-refractivity contribution in [2.75, 3.05) is 11.4 Å². The quantitative estimate of drug-likeness (QED) is 0.611. The molecule has 0 N–H and O–H groups in total. The van der Waals surface area contributed by atoms with E-state index in [1.807, 2.05) is 43.6 Å². The SMILES string of the molecule is Cn1cc(-c2ccc(CN3C(=O)C4(CCN4C(=O)C4CCC4)c4ccccc43)c(F)c2)cn1. The molecule has 1 atom stereocenters. The minimum atomic E-state index is -0.935. The summed E-state index contributed by atoms with van der Waals surface area (Å²) < 4.78 is 16.8. The van der Waals surface area contributed by atoms with Crippen molar-refractivity contribution in [2.45, 2.75) is 37.8 Å². The molecule has 1 unspecified atom stereocenters. The molecule has 3 aromatic rings. The number of likely N-dealkylation sites (tertiary alicyclic amines) is 1. The Morgan fingerprint density at radius 1 is 1.18 bits per heavy atom. The number of hydrogen-bond donors (Lipinski definition) is 0. The van der Waals surface area contributed by atoms with Crippen LogP contribution in [-0.2, 0) is 28.7 Å². The van der Waals surface area contributed by atoms with Crippen molar-refractivity contribution < 1.29 is 14.0 Å². The summed E-state index contributed by atoms with van der Waals surface area (Å²) in [5.74, 6) is -0.366. The highest BCUT2D eigenvalue weighted by Gasteiger charge is 2.61. The summed E-state index contributed by atoms with van der Waals surface area (Å²) in [7, 11) is 1.82. The molecule has 0 radical (unpaired) electrons. The third kappa shape index (κ3) is 2.88. The molecule has 33 heavy (non-hydrogen) atoms. The Balaban J connectivity index is 1.32. The Labute approximate surface area is 191 Å². The van der Waals surface area contributed by atoms with E-state index in [-0.39, 0.29) is 30.1 Å². The van der Waals surface area contributed by atoms with Crippen LogP contribution < -0.4 is 4.90 Å². The average molecular weight is 445 g/mol. The number of fused-ring (bicyclic) bond motifs is 2. The van der Waals surface area contributed by atoms with Gasteiger partial charge >= 0.3 is 0 Å². The maximum atomic E-state index is 15.1. The van der Waals surface area contributed by atoms with Crippen molar-refractivity contribution in [3.63, 3.8) is 0 Å². The Hall–Kier alpha value is -3.48. The number of hydrogen-bond acceptors (Lipinski definition) is 3. The molecule has 1 spiro atoms. The van der Waals surface area contributed by atoms with E-state index < -0.39 is 5.54 Å². The second-order valence-electron chi connectivity index (χ2n) is 9.35. The standard InChI is InChI=1S/C26H25FN4O2/c1-29-15-20(14-28-29)18-9-10-19(22(27)13-18)16-30-23-8-3-2-7-21(23)26(25(30)33)11-12-31(26)24(32)17-5-4-6-17/h2-3,7-10,13-15,17H,4-6,11-12,16H2,1H3. The van der Waals surface area contributed by atoms with Gasteiger partial charge in [-0.05, 0) is 30.5 Å². The Kier molecular flexibility index (Phi) is 4.44. The molecule has 2 aliphatic heterocycles. The van der Waals surface area contributed by atoms with Crippen LogP contribution in [0.1, 0.15) is 36.8 Å². The number of anilines is 1. The highest BCUT2D eigenvalue weighted by molar-refractivity contribution is 6.10. The average Bonchev–Trinajstić information content (AvgIpc) is 3.28. The second kappa shape index (κ2) is 7.27. The summed E-state index contributed by atoms with van der Waals surface area (Å²) in [4.78, 5) is 30.3. The first-order chi connectivity index (χ1) is 16.0. The minimum absolute atomic E-state index is 0.0358. The lowest BCUT2D eigenvalue weighted by Crippen LogP contribution is -2.65. The zero-order chi connectivity index (χ0) is 22.7. The third-order valence-corrected chi connectivity index (χ3v) is 7.54. The zero-order valence-corrected chi connectivity index (χ0v) is 18.5. The van der Waals surface area contributed by atoms with Gasteiger partial charge in [-0.2, -0.15) is 5.10 Å². The van der Waals surface area contributed by atoms with Gasteiger partial charge in [0.2, 0.25) is 5.91 Å². The fourth-order valence-corrected chi connectivity index (χ4v) is 5.38. The van der Waals surface area contributed by atoms with Gasteiger partial charge in [0, 0.05) is 48.8 Å². The first-order valence-corrected chi connectivity index (χ1v) is 11.5. The predicted molar refractivity (Wildman–Crippen MR) is 122 cm³/mol. The van der Waals surface area contributed by atoms with E-state index in [0.717, 1.165) is 41.6 Å². The van der Waals surface area contributed by atoms with Crippen LogP contribution in [0.15, 0.2) is 54.9 Å². The van der Waals surface area contributed by atoms with Crippen LogP contribution in [0, 0.1) is 11.7 Å². The van der Waals surface area contributed by atoms with Crippen molar-refractivity contribution in [1.29, 1.82) is 0 Å². The second-order valence-corrected chi connectivity index (χ2v) is 9.35. The van der Waals surface area contributed by atoms with Crippen molar-refractivity contribution >= 4 is 17.5 Å². The molecule has 2 aromatic carbocycles. The largest absolute Gasteiger partial charge is 0.324 e. The number of aryl methyl sites for hydroxylation is 1. The highest BCUT2D eigenvalue weighted by Crippen LogP contribution is 2.52.